The van der Waals surface area contributed by atoms with E-state index < -0.39 is 5.41 Å². The third-order valence-corrected chi connectivity index (χ3v) is 5.55. The van der Waals surface area contributed by atoms with E-state index in [0.29, 0.717) is 18.7 Å². The summed E-state index contributed by atoms with van der Waals surface area (Å²) in [5, 5.41) is 3.99. The van der Waals surface area contributed by atoms with Crippen LogP contribution in [0, 0.1) is 5.41 Å². The van der Waals surface area contributed by atoms with Gasteiger partial charge in [0.1, 0.15) is 0 Å². The SMILES string of the molecule is O=C(c1cccnc1)N1CCC2(CCN(c3ccsc3)C2=O)C1. The molecule has 0 N–H and O–H groups in total. The van der Waals surface area contributed by atoms with Gasteiger partial charge in [-0.05, 0) is 36.4 Å². The second-order valence-electron chi connectivity index (χ2n) is 6.19. The topological polar surface area (TPSA) is 53.5 Å². The highest BCUT2D eigenvalue weighted by molar-refractivity contribution is 7.08. The standard InChI is InChI=1S/C17H17N3O2S/c21-15(13-2-1-6-18-10-13)19-7-4-17(12-19)5-8-20(16(17)22)14-3-9-23-11-14/h1-3,6,9-11H,4-5,7-8,12H2. The number of nitrogens with zero attached hydrogens (tertiary/aromatic N) is 3. The first kappa shape index (κ1) is 14.4. The van der Waals surface area contributed by atoms with Crippen molar-refractivity contribution >= 4 is 28.8 Å². The number of carbonyl (C=O) groups is 2. The predicted octanol–water partition coefficient (Wildman–Crippen LogP) is 2.41. The molecule has 2 aromatic heterocycles. The highest BCUT2D eigenvalue weighted by Gasteiger charge is 2.52. The van der Waals surface area contributed by atoms with E-state index in [2.05, 4.69) is 4.98 Å². The number of likely N-dealkylation sites (tertiary alicyclic amines) is 1. The van der Waals surface area contributed by atoms with Crippen LogP contribution in [0.25, 0.3) is 0 Å². The number of anilines is 1. The van der Waals surface area contributed by atoms with Crippen molar-refractivity contribution in [2.24, 2.45) is 5.41 Å². The summed E-state index contributed by atoms with van der Waals surface area (Å²) in [5.41, 5.74) is 1.17. The number of amides is 2. The first-order valence-electron chi connectivity index (χ1n) is 7.73. The lowest BCUT2D eigenvalue weighted by Crippen LogP contribution is -2.38. The summed E-state index contributed by atoms with van der Waals surface area (Å²) in [7, 11) is 0. The third kappa shape index (κ3) is 2.34. The molecule has 0 radical (unpaired) electrons. The van der Waals surface area contributed by atoms with Crippen molar-refractivity contribution in [1.29, 1.82) is 0 Å². The molecule has 118 valence electrons. The third-order valence-electron chi connectivity index (χ3n) is 4.88. The van der Waals surface area contributed by atoms with Crippen molar-refractivity contribution < 1.29 is 9.59 Å². The number of rotatable bonds is 2. The Balaban J connectivity index is 1.52. The van der Waals surface area contributed by atoms with E-state index in [0.717, 1.165) is 25.1 Å². The number of thiophene rings is 1. The van der Waals surface area contributed by atoms with Crippen molar-refractivity contribution in [3.63, 3.8) is 0 Å². The summed E-state index contributed by atoms with van der Waals surface area (Å²) in [6, 6.07) is 5.52. The molecule has 1 spiro atoms. The maximum absolute atomic E-state index is 12.9. The van der Waals surface area contributed by atoms with Gasteiger partial charge in [-0.1, -0.05) is 0 Å². The Kier molecular flexibility index (Phi) is 3.41. The fourth-order valence-electron chi connectivity index (χ4n) is 3.57. The zero-order chi connectivity index (χ0) is 15.9. The first-order valence-corrected chi connectivity index (χ1v) is 8.67. The van der Waals surface area contributed by atoms with E-state index in [-0.39, 0.29) is 11.8 Å². The molecule has 5 nitrogen and oxygen atoms in total. The lowest BCUT2D eigenvalue weighted by atomic mass is 9.85. The molecule has 0 aromatic carbocycles. The lowest BCUT2D eigenvalue weighted by molar-refractivity contribution is -0.124. The van der Waals surface area contributed by atoms with Gasteiger partial charge in [-0.15, -0.1) is 0 Å². The molecular weight excluding hydrogens is 310 g/mol. The average Bonchev–Trinajstić information content (AvgIpc) is 3.31. The summed E-state index contributed by atoms with van der Waals surface area (Å²) in [5.74, 6) is 0.133. The molecule has 2 aliphatic heterocycles. The van der Waals surface area contributed by atoms with Crippen LogP contribution in [0.3, 0.4) is 0 Å². The van der Waals surface area contributed by atoms with E-state index in [1.165, 1.54) is 0 Å². The molecule has 2 aliphatic rings. The van der Waals surface area contributed by atoms with Crippen LogP contribution in [-0.4, -0.2) is 41.3 Å². The predicted molar refractivity (Wildman–Crippen MR) is 88.5 cm³/mol. The summed E-state index contributed by atoms with van der Waals surface area (Å²) in [4.78, 5) is 33.2. The molecule has 4 rings (SSSR count). The monoisotopic (exact) mass is 327 g/mol. The van der Waals surface area contributed by atoms with Gasteiger partial charge in [-0.3, -0.25) is 14.6 Å². The normalized spacial score (nSPS) is 23.9. The van der Waals surface area contributed by atoms with Gasteiger partial charge in [0, 0.05) is 37.4 Å². The largest absolute Gasteiger partial charge is 0.337 e. The molecule has 23 heavy (non-hydrogen) atoms. The molecule has 1 atom stereocenters. The van der Waals surface area contributed by atoms with Crippen molar-refractivity contribution in [1.82, 2.24) is 9.88 Å². The Hall–Kier alpha value is -2.21. The zero-order valence-electron chi connectivity index (χ0n) is 12.6. The van der Waals surface area contributed by atoms with Crippen LogP contribution < -0.4 is 4.90 Å². The maximum atomic E-state index is 12.9. The van der Waals surface area contributed by atoms with Crippen LogP contribution in [0.15, 0.2) is 41.4 Å². The van der Waals surface area contributed by atoms with Crippen LogP contribution in [0.1, 0.15) is 23.2 Å². The van der Waals surface area contributed by atoms with Gasteiger partial charge >= 0.3 is 0 Å². The quantitative estimate of drug-likeness (QED) is 0.851. The number of hydrogen-bond acceptors (Lipinski definition) is 4. The van der Waals surface area contributed by atoms with Gasteiger partial charge in [-0.25, -0.2) is 0 Å². The van der Waals surface area contributed by atoms with E-state index >= 15 is 0 Å². The van der Waals surface area contributed by atoms with Crippen molar-refractivity contribution in [3.05, 3.63) is 46.9 Å². The molecule has 1 unspecified atom stereocenters. The summed E-state index contributed by atoms with van der Waals surface area (Å²) >= 11 is 1.60. The van der Waals surface area contributed by atoms with Gasteiger partial charge in [0.25, 0.3) is 5.91 Å². The van der Waals surface area contributed by atoms with Crippen molar-refractivity contribution in [2.45, 2.75) is 12.8 Å². The zero-order valence-corrected chi connectivity index (χ0v) is 13.5. The molecule has 0 bridgehead atoms. The van der Waals surface area contributed by atoms with Crippen LogP contribution in [0.2, 0.25) is 0 Å². The van der Waals surface area contributed by atoms with Crippen LogP contribution in [0.5, 0.6) is 0 Å². The minimum Gasteiger partial charge on any atom is -0.337 e. The minimum absolute atomic E-state index is 0.0308. The first-order chi connectivity index (χ1) is 11.2. The highest BCUT2D eigenvalue weighted by Crippen LogP contribution is 2.42. The van der Waals surface area contributed by atoms with E-state index in [1.54, 1.807) is 40.8 Å². The summed E-state index contributed by atoms with van der Waals surface area (Å²) < 4.78 is 0. The number of hydrogen-bond donors (Lipinski definition) is 0. The fraction of sp³-hybridized carbons (Fsp3) is 0.353. The molecule has 4 heterocycles. The summed E-state index contributed by atoms with van der Waals surface area (Å²) in [6.45, 7) is 1.89. The molecule has 2 fully saturated rings. The second-order valence-corrected chi connectivity index (χ2v) is 6.97. The van der Waals surface area contributed by atoms with E-state index in [9.17, 15) is 9.59 Å². The second kappa shape index (κ2) is 5.45. The Labute approximate surface area is 138 Å². The maximum Gasteiger partial charge on any atom is 0.255 e. The molecule has 6 heteroatoms. The average molecular weight is 327 g/mol. The Morgan fingerprint density at radius 2 is 2.13 bits per heavy atom. The number of aromatic nitrogens is 1. The molecule has 0 saturated carbocycles. The number of pyridine rings is 1. The lowest BCUT2D eigenvalue weighted by Gasteiger charge is -2.23. The van der Waals surface area contributed by atoms with Gasteiger partial charge in [0.2, 0.25) is 5.91 Å². The Morgan fingerprint density at radius 1 is 1.26 bits per heavy atom. The molecule has 2 aromatic rings. The molecular formula is C17H17N3O2S. The van der Waals surface area contributed by atoms with Crippen molar-refractivity contribution in [2.75, 3.05) is 24.5 Å². The van der Waals surface area contributed by atoms with Gasteiger partial charge in [0.15, 0.2) is 0 Å². The van der Waals surface area contributed by atoms with E-state index in [1.807, 2.05) is 21.7 Å². The number of carbonyl (C=O) groups excluding carboxylic acids is 2. The Bertz CT molecular complexity index is 732. The van der Waals surface area contributed by atoms with Gasteiger partial charge < -0.3 is 9.80 Å². The fourth-order valence-corrected chi connectivity index (χ4v) is 4.22. The highest BCUT2D eigenvalue weighted by atomic mass is 32.1. The smallest absolute Gasteiger partial charge is 0.255 e. The molecule has 2 amide bonds. The van der Waals surface area contributed by atoms with Gasteiger partial charge in [-0.2, -0.15) is 11.3 Å². The van der Waals surface area contributed by atoms with Crippen LogP contribution in [-0.2, 0) is 4.79 Å². The minimum atomic E-state index is -0.403. The van der Waals surface area contributed by atoms with Crippen LogP contribution in [0.4, 0.5) is 5.69 Å². The van der Waals surface area contributed by atoms with Gasteiger partial charge in [0.05, 0.1) is 16.7 Å². The Morgan fingerprint density at radius 3 is 2.87 bits per heavy atom. The summed E-state index contributed by atoms with van der Waals surface area (Å²) in [6.07, 6.45) is 4.81. The van der Waals surface area contributed by atoms with Crippen molar-refractivity contribution in [3.8, 4) is 0 Å². The van der Waals surface area contributed by atoms with E-state index in [4.69, 9.17) is 0 Å². The molecule has 2 saturated heterocycles. The molecule has 0 aliphatic carbocycles. The van der Waals surface area contributed by atoms with Crippen LogP contribution >= 0.6 is 11.3 Å².